The van der Waals surface area contributed by atoms with Gasteiger partial charge in [0.1, 0.15) is 6.61 Å². The number of aliphatic hydroxyl groups is 1. The van der Waals surface area contributed by atoms with Gasteiger partial charge in [-0.3, -0.25) is 9.78 Å². The molecule has 45 heavy (non-hydrogen) atoms. The first-order valence-electron chi connectivity index (χ1n) is 15.5. The number of amides is 1. The number of ether oxygens (including phenoxy) is 3. The lowest BCUT2D eigenvalue weighted by Gasteiger charge is -2.39. The van der Waals surface area contributed by atoms with Crippen molar-refractivity contribution >= 4 is 23.2 Å². The van der Waals surface area contributed by atoms with Crippen LogP contribution in [0.5, 0.6) is 11.5 Å². The van der Waals surface area contributed by atoms with Crippen molar-refractivity contribution in [2.45, 2.75) is 64.4 Å². The van der Waals surface area contributed by atoms with Crippen LogP contribution in [0, 0.1) is 5.92 Å². The van der Waals surface area contributed by atoms with Crippen LogP contribution in [0.2, 0.25) is 5.02 Å². The molecule has 2 aliphatic rings. The Hall–Kier alpha value is -3.91. The van der Waals surface area contributed by atoms with Crippen LogP contribution in [0.1, 0.15) is 67.6 Å². The summed E-state index contributed by atoms with van der Waals surface area (Å²) in [6, 6.07) is 24.6. The highest BCUT2D eigenvalue weighted by Gasteiger charge is 2.38. The van der Waals surface area contributed by atoms with Crippen molar-refractivity contribution in [3.63, 3.8) is 0 Å². The molecule has 234 valence electrons. The molecule has 8 heteroatoms. The van der Waals surface area contributed by atoms with E-state index in [9.17, 15) is 9.90 Å². The molecule has 2 aliphatic heterocycles. The molecule has 0 radical (unpaired) electrons. The van der Waals surface area contributed by atoms with E-state index >= 15 is 0 Å². The van der Waals surface area contributed by atoms with Gasteiger partial charge >= 0.3 is 0 Å². The van der Waals surface area contributed by atoms with E-state index in [4.69, 9.17) is 25.8 Å². The molecule has 3 heterocycles. The van der Waals surface area contributed by atoms with Crippen molar-refractivity contribution < 1.29 is 24.1 Å². The van der Waals surface area contributed by atoms with E-state index in [-0.39, 0.29) is 31.0 Å². The predicted octanol–water partition coefficient (Wildman–Crippen LogP) is 7.41. The molecule has 1 saturated heterocycles. The minimum atomic E-state index is -0.995. The van der Waals surface area contributed by atoms with E-state index in [1.807, 2.05) is 105 Å². The van der Waals surface area contributed by atoms with E-state index in [0.29, 0.717) is 29.7 Å². The van der Waals surface area contributed by atoms with E-state index in [0.717, 1.165) is 46.5 Å². The fourth-order valence-corrected chi connectivity index (χ4v) is 6.50. The summed E-state index contributed by atoms with van der Waals surface area (Å²) in [6.45, 7) is 7.42. The van der Waals surface area contributed by atoms with Gasteiger partial charge in [-0.05, 0) is 110 Å². The Morgan fingerprint density at radius 3 is 2.42 bits per heavy atom. The monoisotopic (exact) mass is 626 g/mol. The largest absolute Gasteiger partial charge is 0.487 e. The molecule has 1 amide bonds. The number of benzene rings is 3. The molecule has 0 saturated carbocycles. The maximum absolute atomic E-state index is 14.0. The summed E-state index contributed by atoms with van der Waals surface area (Å²) in [7, 11) is 0. The molecule has 0 spiro atoms. The Labute approximate surface area is 269 Å². The van der Waals surface area contributed by atoms with Crippen molar-refractivity contribution in [3.8, 4) is 11.5 Å². The first kappa shape index (κ1) is 31.1. The second-order valence-electron chi connectivity index (χ2n) is 12.2. The van der Waals surface area contributed by atoms with Crippen molar-refractivity contribution in [1.29, 1.82) is 0 Å². The van der Waals surface area contributed by atoms with Gasteiger partial charge in [0, 0.05) is 30.1 Å². The second kappa shape index (κ2) is 13.2. The lowest BCUT2D eigenvalue weighted by Crippen LogP contribution is -2.41. The fourth-order valence-electron chi connectivity index (χ4n) is 6.37. The van der Waals surface area contributed by atoms with Gasteiger partial charge in [0.2, 0.25) is 5.91 Å². The second-order valence-corrected chi connectivity index (χ2v) is 12.7. The summed E-state index contributed by atoms with van der Waals surface area (Å²) < 4.78 is 18.0. The number of halogens is 1. The maximum atomic E-state index is 14.0. The molecule has 7 nitrogen and oxygen atoms in total. The third kappa shape index (κ3) is 6.71. The number of pyridine rings is 1. The highest BCUT2D eigenvalue weighted by atomic mass is 35.5. The summed E-state index contributed by atoms with van der Waals surface area (Å²) in [5, 5.41) is 12.1. The first-order chi connectivity index (χ1) is 21.7. The zero-order chi connectivity index (χ0) is 31.6. The normalized spacial score (nSPS) is 18.4. The van der Waals surface area contributed by atoms with Gasteiger partial charge in [-0.1, -0.05) is 41.9 Å². The molecule has 3 aromatic carbocycles. The highest BCUT2D eigenvalue weighted by molar-refractivity contribution is 6.30. The first-order valence-corrected chi connectivity index (χ1v) is 15.9. The summed E-state index contributed by atoms with van der Waals surface area (Å²) >= 11 is 6.29. The highest BCUT2D eigenvalue weighted by Crippen LogP contribution is 2.45. The van der Waals surface area contributed by atoms with Gasteiger partial charge in [-0.2, -0.15) is 0 Å². The van der Waals surface area contributed by atoms with Crippen LogP contribution in [-0.2, 0) is 28.2 Å². The third-order valence-corrected chi connectivity index (χ3v) is 9.02. The van der Waals surface area contributed by atoms with Gasteiger partial charge in [0.15, 0.2) is 11.5 Å². The molecule has 1 unspecified atom stereocenters. The van der Waals surface area contributed by atoms with Gasteiger partial charge in [0.25, 0.3) is 0 Å². The van der Waals surface area contributed by atoms with Crippen LogP contribution < -0.4 is 14.4 Å². The van der Waals surface area contributed by atoms with E-state index in [1.54, 1.807) is 6.20 Å². The number of fused-ring (bicyclic) bond motifs is 1. The lowest BCUT2D eigenvalue weighted by molar-refractivity contribution is -0.118. The Balaban J connectivity index is 1.39. The van der Waals surface area contributed by atoms with Gasteiger partial charge in [-0.25, -0.2) is 0 Å². The number of hydrogen-bond donors (Lipinski definition) is 1. The van der Waals surface area contributed by atoms with Crippen molar-refractivity contribution in [3.05, 3.63) is 118 Å². The lowest BCUT2D eigenvalue weighted by atomic mass is 9.78. The molecule has 0 bridgehead atoms. The Kier molecular flexibility index (Phi) is 9.13. The number of nitrogens with zero attached hydrogens (tertiary/aromatic N) is 2. The van der Waals surface area contributed by atoms with Gasteiger partial charge in [-0.15, -0.1) is 0 Å². The summed E-state index contributed by atoms with van der Waals surface area (Å²) in [4.78, 5) is 20.3. The topological polar surface area (TPSA) is 81.1 Å². The number of carbonyl (C=O) groups excluding carboxylic acids is 1. The quantitative estimate of drug-likeness (QED) is 0.208. The van der Waals surface area contributed by atoms with E-state index < -0.39 is 11.6 Å². The zero-order valence-corrected chi connectivity index (χ0v) is 26.7. The zero-order valence-electron chi connectivity index (χ0n) is 25.9. The third-order valence-electron chi connectivity index (χ3n) is 8.76. The SMILES string of the molecule is CC(C)Oc1cc2c(cc1OCc1ccccn1)CC(=O)N(c1ccc([C@@](C)(O)C3CCOCC3)cc1)C2c1ccc(Cl)cc1. The van der Waals surface area contributed by atoms with E-state index in [1.165, 1.54) is 0 Å². The smallest absolute Gasteiger partial charge is 0.232 e. The molecular weight excluding hydrogens is 588 g/mol. The number of carbonyl (C=O) groups is 1. The molecule has 2 atom stereocenters. The maximum Gasteiger partial charge on any atom is 0.232 e. The minimum absolute atomic E-state index is 0.0420. The molecular formula is C37H39ClN2O5. The average molecular weight is 627 g/mol. The molecule has 0 aliphatic carbocycles. The van der Waals surface area contributed by atoms with Crippen LogP contribution in [0.4, 0.5) is 5.69 Å². The number of hydrogen-bond acceptors (Lipinski definition) is 6. The summed E-state index contributed by atoms with van der Waals surface area (Å²) in [5.41, 5.74) is 4.13. The fraction of sp³-hybridized carbons (Fsp3) is 0.351. The van der Waals surface area contributed by atoms with Crippen LogP contribution in [0.3, 0.4) is 0 Å². The number of aromatic nitrogens is 1. The predicted molar refractivity (Wildman–Crippen MR) is 175 cm³/mol. The van der Waals surface area contributed by atoms with Crippen molar-refractivity contribution in [2.24, 2.45) is 5.92 Å². The average Bonchev–Trinajstić information content (AvgIpc) is 3.04. The van der Waals surface area contributed by atoms with Crippen molar-refractivity contribution in [2.75, 3.05) is 18.1 Å². The number of anilines is 1. The Morgan fingerprint density at radius 2 is 1.76 bits per heavy atom. The standard InChI is InChI=1S/C37H39ClN2O5/c1-24(2)45-34-22-32-26(20-33(34)44-23-30-6-4-5-17-39-30)21-35(41)40(36(32)25-7-11-29(38)12-8-25)31-13-9-27(10-14-31)37(3,42)28-15-18-43-19-16-28/h4-14,17,20,22,24,28,36,42H,15-16,18-19,21,23H2,1-3H3/t36?,37-/m1/s1. The van der Waals surface area contributed by atoms with Crippen LogP contribution in [-0.4, -0.2) is 35.3 Å². The molecule has 6 rings (SSSR count). The molecule has 1 aromatic heterocycles. The Bertz CT molecular complexity index is 1620. The van der Waals surface area contributed by atoms with Gasteiger partial charge < -0.3 is 24.2 Å². The Morgan fingerprint density at radius 1 is 1.02 bits per heavy atom. The summed E-state index contributed by atoms with van der Waals surface area (Å²) in [6.07, 6.45) is 3.46. The van der Waals surface area contributed by atoms with Crippen molar-refractivity contribution in [1.82, 2.24) is 4.98 Å². The van der Waals surface area contributed by atoms with E-state index in [2.05, 4.69) is 4.98 Å². The molecule has 1 N–H and O–H groups in total. The van der Waals surface area contributed by atoms with Gasteiger partial charge in [0.05, 0.1) is 29.9 Å². The summed E-state index contributed by atoms with van der Waals surface area (Å²) in [5.74, 6) is 1.25. The van der Waals surface area contributed by atoms with Crippen LogP contribution >= 0.6 is 11.6 Å². The van der Waals surface area contributed by atoms with Crippen LogP contribution in [0.25, 0.3) is 0 Å². The minimum Gasteiger partial charge on any atom is -0.487 e. The van der Waals surface area contributed by atoms with Crippen LogP contribution in [0.15, 0.2) is 85.1 Å². The molecule has 1 fully saturated rings. The number of rotatable bonds is 9. The molecule has 4 aromatic rings.